The second-order valence-corrected chi connectivity index (χ2v) is 8.66. The smallest absolute Gasteiger partial charge is 0.239 e. The Hall–Kier alpha value is -2.59. The first-order valence-electron chi connectivity index (χ1n) is 11.2. The molecule has 1 fully saturated rings. The summed E-state index contributed by atoms with van der Waals surface area (Å²) in [7, 11) is 0. The Labute approximate surface area is 179 Å². The van der Waals surface area contributed by atoms with Crippen LogP contribution in [0.3, 0.4) is 0 Å². The van der Waals surface area contributed by atoms with Gasteiger partial charge < -0.3 is 10.0 Å². The number of likely N-dealkylation sites (tertiary alicyclic amines) is 1. The average Bonchev–Trinajstić information content (AvgIpc) is 2.80. The van der Waals surface area contributed by atoms with Gasteiger partial charge in [0.2, 0.25) is 5.91 Å². The van der Waals surface area contributed by atoms with Crippen molar-refractivity contribution in [3.8, 4) is 5.75 Å². The first-order valence-corrected chi connectivity index (χ1v) is 11.2. The van der Waals surface area contributed by atoms with E-state index >= 15 is 0 Å². The number of carbonyl (C=O) groups is 1. The van der Waals surface area contributed by atoms with Crippen molar-refractivity contribution in [1.82, 2.24) is 9.80 Å². The fourth-order valence-electron chi connectivity index (χ4n) is 4.70. The molecular formula is C26H32N2O2. The van der Waals surface area contributed by atoms with Crippen molar-refractivity contribution in [2.75, 3.05) is 26.2 Å². The van der Waals surface area contributed by atoms with Gasteiger partial charge in [-0.1, -0.05) is 48.5 Å². The zero-order valence-electron chi connectivity index (χ0n) is 17.8. The van der Waals surface area contributed by atoms with Crippen LogP contribution in [-0.4, -0.2) is 53.0 Å². The van der Waals surface area contributed by atoms with E-state index in [4.69, 9.17) is 0 Å². The Morgan fingerprint density at radius 2 is 1.73 bits per heavy atom. The summed E-state index contributed by atoms with van der Waals surface area (Å²) < 4.78 is 0. The van der Waals surface area contributed by atoms with E-state index < -0.39 is 0 Å². The largest absolute Gasteiger partial charge is 0.508 e. The molecular weight excluding hydrogens is 372 g/mol. The Morgan fingerprint density at radius 3 is 2.37 bits per heavy atom. The molecule has 1 N–H and O–H groups in total. The molecule has 2 aromatic rings. The number of nitrogens with zero attached hydrogens (tertiary/aromatic N) is 2. The average molecular weight is 405 g/mol. The summed E-state index contributed by atoms with van der Waals surface area (Å²) in [6.45, 7) is 5.50. The van der Waals surface area contributed by atoms with Crippen molar-refractivity contribution < 1.29 is 9.90 Å². The maximum absolute atomic E-state index is 13.1. The standard InChI is InChI=1S/C26H32N2O2/c1-20(27-17-13-24(14-18-27)23-7-9-25(29)10-8-23)26(30)28-15-11-22(12-16-28)19-21-5-3-2-4-6-21/h2-10,13,20,22,29H,11-12,14-19H2,1H3/t20-/m0/s1. The maximum Gasteiger partial charge on any atom is 0.239 e. The Kier molecular flexibility index (Phi) is 6.53. The van der Waals surface area contributed by atoms with Gasteiger partial charge in [-0.15, -0.1) is 0 Å². The summed E-state index contributed by atoms with van der Waals surface area (Å²) in [5, 5.41) is 9.48. The van der Waals surface area contributed by atoms with E-state index in [9.17, 15) is 9.90 Å². The highest BCUT2D eigenvalue weighted by Crippen LogP contribution is 2.26. The Balaban J connectivity index is 1.27. The second kappa shape index (κ2) is 9.48. The number of carbonyl (C=O) groups excluding carboxylic acids is 1. The molecule has 0 saturated carbocycles. The third-order valence-electron chi connectivity index (χ3n) is 6.68. The van der Waals surface area contributed by atoms with Gasteiger partial charge in [0.05, 0.1) is 6.04 Å². The minimum Gasteiger partial charge on any atom is -0.508 e. The Morgan fingerprint density at radius 1 is 1.03 bits per heavy atom. The van der Waals surface area contributed by atoms with Crippen molar-refractivity contribution in [2.45, 2.75) is 38.6 Å². The van der Waals surface area contributed by atoms with E-state index in [1.165, 1.54) is 11.1 Å². The molecule has 2 heterocycles. The molecule has 158 valence electrons. The molecule has 4 rings (SSSR count). The van der Waals surface area contributed by atoms with E-state index in [2.05, 4.69) is 53.1 Å². The van der Waals surface area contributed by atoms with Gasteiger partial charge in [-0.2, -0.15) is 0 Å². The first kappa shape index (κ1) is 20.7. The lowest BCUT2D eigenvalue weighted by atomic mass is 9.90. The summed E-state index contributed by atoms with van der Waals surface area (Å²) in [6.07, 6.45) is 6.47. The minimum absolute atomic E-state index is 0.0757. The normalized spacial score (nSPS) is 19.4. The molecule has 0 aliphatic carbocycles. The number of phenolic OH excluding ortho intramolecular Hbond substituents is 1. The van der Waals surface area contributed by atoms with Crippen LogP contribution in [0, 0.1) is 5.92 Å². The van der Waals surface area contributed by atoms with Gasteiger partial charge in [0.1, 0.15) is 5.75 Å². The fourth-order valence-corrected chi connectivity index (χ4v) is 4.70. The molecule has 0 unspecified atom stereocenters. The summed E-state index contributed by atoms with van der Waals surface area (Å²) >= 11 is 0. The highest BCUT2D eigenvalue weighted by atomic mass is 16.3. The number of hydrogen-bond donors (Lipinski definition) is 1. The molecule has 0 radical (unpaired) electrons. The molecule has 1 saturated heterocycles. The number of rotatable bonds is 5. The van der Waals surface area contributed by atoms with E-state index in [0.29, 0.717) is 11.7 Å². The summed E-state index contributed by atoms with van der Waals surface area (Å²) in [5.41, 5.74) is 3.86. The van der Waals surface area contributed by atoms with Crippen LogP contribution in [0.15, 0.2) is 60.7 Å². The molecule has 1 atom stereocenters. The molecule has 4 nitrogen and oxygen atoms in total. The monoisotopic (exact) mass is 404 g/mol. The molecule has 0 aromatic heterocycles. The van der Waals surface area contributed by atoms with Crippen LogP contribution in [-0.2, 0) is 11.2 Å². The lowest BCUT2D eigenvalue weighted by Gasteiger charge is -2.37. The molecule has 2 aliphatic heterocycles. The van der Waals surface area contributed by atoms with Crippen molar-refractivity contribution in [3.63, 3.8) is 0 Å². The zero-order chi connectivity index (χ0) is 20.9. The predicted molar refractivity (Wildman–Crippen MR) is 121 cm³/mol. The van der Waals surface area contributed by atoms with Crippen molar-refractivity contribution >= 4 is 11.5 Å². The van der Waals surface area contributed by atoms with Crippen molar-refractivity contribution in [1.29, 1.82) is 0 Å². The zero-order valence-corrected chi connectivity index (χ0v) is 17.8. The third-order valence-corrected chi connectivity index (χ3v) is 6.68. The second-order valence-electron chi connectivity index (χ2n) is 8.66. The highest BCUT2D eigenvalue weighted by molar-refractivity contribution is 5.82. The maximum atomic E-state index is 13.1. The van der Waals surface area contributed by atoms with Crippen LogP contribution in [0.4, 0.5) is 0 Å². The topological polar surface area (TPSA) is 43.8 Å². The number of aromatic hydroxyl groups is 1. The van der Waals surface area contributed by atoms with Crippen LogP contribution < -0.4 is 0 Å². The number of amides is 1. The minimum atomic E-state index is -0.0757. The number of piperidine rings is 1. The van der Waals surface area contributed by atoms with Crippen LogP contribution in [0.1, 0.15) is 37.3 Å². The SMILES string of the molecule is C[C@@H](C(=O)N1CCC(Cc2ccccc2)CC1)N1CC=C(c2ccc(O)cc2)CC1. The molecule has 2 aliphatic rings. The summed E-state index contributed by atoms with van der Waals surface area (Å²) in [4.78, 5) is 17.4. The Bertz CT molecular complexity index is 868. The van der Waals surface area contributed by atoms with Gasteiger partial charge in [0, 0.05) is 26.2 Å². The van der Waals surface area contributed by atoms with E-state index in [1.54, 1.807) is 12.1 Å². The first-order chi connectivity index (χ1) is 14.6. The number of hydrogen-bond acceptors (Lipinski definition) is 3. The molecule has 4 heteroatoms. The van der Waals surface area contributed by atoms with E-state index in [1.807, 2.05) is 12.1 Å². The lowest BCUT2D eigenvalue weighted by molar-refractivity contribution is -0.137. The molecule has 30 heavy (non-hydrogen) atoms. The van der Waals surface area contributed by atoms with Gasteiger partial charge in [0.15, 0.2) is 0 Å². The molecule has 0 bridgehead atoms. The van der Waals surface area contributed by atoms with E-state index in [-0.39, 0.29) is 11.9 Å². The molecule has 1 amide bonds. The third kappa shape index (κ3) is 4.93. The van der Waals surface area contributed by atoms with E-state index in [0.717, 1.165) is 57.4 Å². The molecule has 2 aromatic carbocycles. The van der Waals surface area contributed by atoms with Crippen LogP contribution >= 0.6 is 0 Å². The van der Waals surface area contributed by atoms with Gasteiger partial charge in [0.25, 0.3) is 0 Å². The van der Waals surface area contributed by atoms with Crippen LogP contribution in [0.5, 0.6) is 5.75 Å². The lowest BCUT2D eigenvalue weighted by Crippen LogP contribution is -2.50. The highest BCUT2D eigenvalue weighted by Gasteiger charge is 2.30. The van der Waals surface area contributed by atoms with Gasteiger partial charge >= 0.3 is 0 Å². The van der Waals surface area contributed by atoms with Gasteiger partial charge in [-0.25, -0.2) is 0 Å². The summed E-state index contributed by atoms with van der Waals surface area (Å²) in [5.74, 6) is 1.25. The summed E-state index contributed by atoms with van der Waals surface area (Å²) in [6, 6.07) is 18.0. The van der Waals surface area contributed by atoms with Crippen molar-refractivity contribution in [2.24, 2.45) is 5.92 Å². The van der Waals surface area contributed by atoms with Gasteiger partial charge in [-0.05, 0) is 67.4 Å². The van der Waals surface area contributed by atoms with Crippen molar-refractivity contribution in [3.05, 3.63) is 71.8 Å². The predicted octanol–water partition coefficient (Wildman–Crippen LogP) is 4.35. The number of benzene rings is 2. The van der Waals surface area contributed by atoms with Crippen LogP contribution in [0.2, 0.25) is 0 Å². The fraction of sp³-hybridized carbons (Fsp3) is 0.423. The number of phenols is 1. The quantitative estimate of drug-likeness (QED) is 0.806. The molecule has 0 spiro atoms. The van der Waals surface area contributed by atoms with Gasteiger partial charge in [-0.3, -0.25) is 9.69 Å². The van der Waals surface area contributed by atoms with Crippen LogP contribution in [0.25, 0.3) is 5.57 Å².